The summed E-state index contributed by atoms with van der Waals surface area (Å²) in [5, 5.41) is 8.49. The molecule has 17 heavy (non-hydrogen) atoms. The maximum absolute atomic E-state index is 11.9. The van der Waals surface area contributed by atoms with E-state index in [9.17, 15) is 9.59 Å². The van der Waals surface area contributed by atoms with E-state index in [-0.39, 0.29) is 12.3 Å². The van der Waals surface area contributed by atoms with E-state index in [0.29, 0.717) is 23.3 Å². The van der Waals surface area contributed by atoms with E-state index in [2.05, 4.69) is 13.8 Å². The second-order valence-corrected chi connectivity index (χ2v) is 6.05. The van der Waals surface area contributed by atoms with Gasteiger partial charge in [0.15, 0.2) is 0 Å². The van der Waals surface area contributed by atoms with Crippen molar-refractivity contribution in [2.75, 3.05) is 24.6 Å². The summed E-state index contributed by atoms with van der Waals surface area (Å²) in [6, 6.07) is 0. The second kappa shape index (κ2) is 6.89. The summed E-state index contributed by atoms with van der Waals surface area (Å²) in [6.45, 7) is 6.05. The van der Waals surface area contributed by atoms with Crippen LogP contribution in [0.25, 0.3) is 0 Å². The number of hydrogen-bond donors (Lipinski definition) is 1. The molecular weight excluding hydrogens is 238 g/mol. The minimum atomic E-state index is -0.801. The third-order valence-corrected chi connectivity index (χ3v) is 3.85. The highest BCUT2D eigenvalue weighted by molar-refractivity contribution is 7.99. The van der Waals surface area contributed by atoms with Gasteiger partial charge in [0.25, 0.3) is 0 Å². The van der Waals surface area contributed by atoms with Crippen molar-refractivity contribution in [1.82, 2.24) is 4.90 Å². The van der Waals surface area contributed by atoms with Gasteiger partial charge in [-0.1, -0.05) is 13.8 Å². The van der Waals surface area contributed by atoms with Crippen LogP contribution in [0.15, 0.2) is 0 Å². The molecule has 1 amide bonds. The molecule has 1 aliphatic heterocycles. The molecule has 1 rings (SSSR count). The number of hydrogen-bond acceptors (Lipinski definition) is 3. The van der Waals surface area contributed by atoms with Gasteiger partial charge in [-0.3, -0.25) is 9.59 Å². The van der Waals surface area contributed by atoms with Crippen LogP contribution in [0, 0.1) is 11.8 Å². The Hall–Kier alpha value is -0.710. The van der Waals surface area contributed by atoms with E-state index in [0.717, 1.165) is 13.1 Å². The predicted octanol–water partition coefficient (Wildman–Crippen LogP) is 1.70. The van der Waals surface area contributed by atoms with Crippen LogP contribution in [-0.2, 0) is 9.59 Å². The Morgan fingerprint density at radius 3 is 2.41 bits per heavy atom. The standard InChI is InChI=1S/C12H21NO3S/c1-9-5-10(2)7-13(6-9)11(14)8-17-4-3-12(15)16/h9-10H,3-8H2,1-2H3,(H,15,16)/t9-,10-/m0/s1. The zero-order valence-corrected chi connectivity index (χ0v) is 11.3. The van der Waals surface area contributed by atoms with Crippen LogP contribution in [0.4, 0.5) is 0 Å². The highest BCUT2D eigenvalue weighted by Gasteiger charge is 2.24. The van der Waals surface area contributed by atoms with Crippen LogP contribution in [0.1, 0.15) is 26.7 Å². The molecule has 5 heteroatoms. The number of rotatable bonds is 5. The number of carbonyl (C=O) groups is 2. The molecule has 98 valence electrons. The molecule has 0 saturated carbocycles. The molecule has 0 bridgehead atoms. The number of nitrogens with zero attached hydrogens (tertiary/aromatic N) is 1. The normalized spacial score (nSPS) is 24.7. The summed E-state index contributed by atoms with van der Waals surface area (Å²) in [4.78, 5) is 24.1. The highest BCUT2D eigenvalue weighted by Crippen LogP contribution is 2.21. The molecule has 0 spiro atoms. The fourth-order valence-electron chi connectivity index (χ4n) is 2.28. The van der Waals surface area contributed by atoms with Crippen molar-refractivity contribution in [3.05, 3.63) is 0 Å². The van der Waals surface area contributed by atoms with Crippen molar-refractivity contribution in [2.45, 2.75) is 26.7 Å². The first-order valence-corrected chi connectivity index (χ1v) is 7.21. The van der Waals surface area contributed by atoms with E-state index in [1.54, 1.807) is 0 Å². The van der Waals surface area contributed by atoms with E-state index >= 15 is 0 Å². The maximum atomic E-state index is 11.9. The molecule has 0 aromatic heterocycles. The molecule has 1 fully saturated rings. The van der Waals surface area contributed by atoms with Crippen molar-refractivity contribution in [2.24, 2.45) is 11.8 Å². The Labute approximate surface area is 107 Å². The fraction of sp³-hybridized carbons (Fsp3) is 0.833. The van der Waals surface area contributed by atoms with Crippen molar-refractivity contribution < 1.29 is 14.7 Å². The van der Waals surface area contributed by atoms with Crippen LogP contribution in [0.2, 0.25) is 0 Å². The van der Waals surface area contributed by atoms with Crippen LogP contribution < -0.4 is 0 Å². The first-order valence-electron chi connectivity index (χ1n) is 6.06. The van der Waals surface area contributed by atoms with E-state index in [1.165, 1.54) is 18.2 Å². The summed E-state index contributed by atoms with van der Waals surface area (Å²) in [5.74, 6) is 1.43. The monoisotopic (exact) mass is 259 g/mol. The predicted molar refractivity (Wildman–Crippen MR) is 69.1 cm³/mol. The Morgan fingerprint density at radius 1 is 1.29 bits per heavy atom. The number of carbonyl (C=O) groups excluding carboxylic acids is 1. The molecule has 1 N–H and O–H groups in total. The molecule has 1 saturated heterocycles. The molecule has 0 aliphatic carbocycles. The van der Waals surface area contributed by atoms with Gasteiger partial charge in [0, 0.05) is 18.8 Å². The first-order chi connectivity index (χ1) is 7.99. The summed E-state index contributed by atoms with van der Waals surface area (Å²) < 4.78 is 0. The lowest BCUT2D eigenvalue weighted by Gasteiger charge is -2.35. The van der Waals surface area contributed by atoms with Gasteiger partial charge < -0.3 is 10.0 Å². The van der Waals surface area contributed by atoms with Crippen LogP contribution in [0.3, 0.4) is 0 Å². The van der Waals surface area contributed by atoms with Gasteiger partial charge in [-0.25, -0.2) is 0 Å². The molecule has 2 atom stereocenters. The molecule has 0 unspecified atom stereocenters. The average molecular weight is 259 g/mol. The number of thioether (sulfide) groups is 1. The zero-order chi connectivity index (χ0) is 12.8. The van der Waals surface area contributed by atoms with Gasteiger partial charge in [-0.15, -0.1) is 0 Å². The van der Waals surface area contributed by atoms with Crippen molar-refractivity contribution in [3.63, 3.8) is 0 Å². The first kappa shape index (κ1) is 14.4. The Morgan fingerprint density at radius 2 is 1.88 bits per heavy atom. The molecule has 1 aliphatic rings. The van der Waals surface area contributed by atoms with Gasteiger partial charge in [0.2, 0.25) is 5.91 Å². The summed E-state index contributed by atoms with van der Waals surface area (Å²) >= 11 is 1.41. The van der Waals surface area contributed by atoms with Crippen LogP contribution in [-0.4, -0.2) is 46.5 Å². The third-order valence-electron chi connectivity index (χ3n) is 2.91. The topological polar surface area (TPSA) is 57.6 Å². The molecular formula is C12H21NO3S. The third kappa shape index (κ3) is 5.44. The summed E-state index contributed by atoms with van der Waals surface area (Å²) in [7, 11) is 0. The van der Waals surface area contributed by atoms with Gasteiger partial charge in [-0.05, 0) is 18.3 Å². The number of carboxylic acids is 1. The van der Waals surface area contributed by atoms with Gasteiger partial charge in [0.1, 0.15) is 0 Å². The van der Waals surface area contributed by atoms with E-state index in [4.69, 9.17) is 5.11 Å². The number of amides is 1. The number of likely N-dealkylation sites (tertiary alicyclic amines) is 1. The lowest BCUT2D eigenvalue weighted by molar-refractivity contribution is -0.136. The molecule has 0 radical (unpaired) electrons. The lowest BCUT2D eigenvalue weighted by Crippen LogP contribution is -2.43. The SMILES string of the molecule is C[C@H]1C[C@H](C)CN(C(=O)CSCCC(=O)O)C1. The minimum Gasteiger partial charge on any atom is -0.481 e. The number of carboxylic acid groups (broad SMARTS) is 1. The summed E-state index contributed by atoms with van der Waals surface area (Å²) in [5.41, 5.74) is 0. The van der Waals surface area contributed by atoms with Crippen LogP contribution in [0.5, 0.6) is 0 Å². The highest BCUT2D eigenvalue weighted by atomic mass is 32.2. The molecule has 1 heterocycles. The summed E-state index contributed by atoms with van der Waals surface area (Å²) in [6.07, 6.45) is 1.32. The largest absolute Gasteiger partial charge is 0.481 e. The number of aliphatic carboxylic acids is 1. The molecule has 0 aromatic carbocycles. The minimum absolute atomic E-state index is 0.130. The maximum Gasteiger partial charge on any atom is 0.304 e. The lowest BCUT2D eigenvalue weighted by atomic mass is 9.92. The van der Waals surface area contributed by atoms with E-state index < -0.39 is 5.97 Å². The molecule has 4 nitrogen and oxygen atoms in total. The van der Waals surface area contributed by atoms with Crippen LogP contribution >= 0.6 is 11.8 Å². The zero-order valence-electron chi connectivity index (χ0n) is 10.5. The smallest absolute Gasteiger partial charge is 0.304 e. The Kier molecular flexibility index (Phi) is 5.82. The number of piperidine rings is 1. The second-order valence-electron chi connectivity index (χ2n) is 4.94. The van der Waals surface area contributed by atoms with Crippen molar-refractivity contribution in [1.29, 1.82) is 0 Å². The van der Waals surface area contributed by atoms with Crippen molar-refractivity contribution >= 4 is 23.6 Å². The van der Waals surface area contributed by atoms with Gasteiger partial charge >= 0.3 is 5.97 Å². The van der Waals surface area contributed by atoms with Crippen molar-refractivity contribution in [3.8, 4) is 0 Å². The molecule has 0 aromatic rings. The fourth-order valence-corrected chi connectivity index (χ4v) is 3.10. The van der Waals surface area contributed by atoms with Gasteiger partial charge in [-0.2, -0.15) is 11.8 Å². The van der Waals surface area contributed by atoms with E-state index in [1.807, 2.05) is 4.90 Å². The van der Waals surface area contributed by atoms with Gasteiger partial charge in [0.05, 0.1) is 12.2 Å². The Balaban J connectivity index is 2.24. The Bertz CT molecular complexity index is 273. The average Bonchev–Trinajstić information content (AvgIpc) is 2.22. The quantitative estimate of drug-likeness (QED) is 0.763.